The van der Waals surface area contributed by atoms with E-state index >= 15 is 0 Å². The quantitative estimate of drug-likeness (QED) is 0.557. The summed E-state index contributed by atoms with van der Waals surface area (Å²) in [5.74, 6) is -0.841. The SMILES string of the molecule is CC1=CC[C@@]2(C)[C@H](O)C[C@@](O)(C(C)C)[C@@H]2[C@@H](OC(=O)c2ccc(O)cc2)C1. The number of rotatable bonds is 3. The molecule has 1 aromatic carbocycles. The first-order chi connectivity index (χ1) is 12.6. The topological polar surface area (TPSA) is 87.0 Å². The third-order valence-corrected chi connectivity index (χ3v) is 6.68. The van der Waals surface area contributed by atoms with E-state index < -0.39 is 29.2 Å². The maximum absolute atomic E-state index is 12.7. The molecule has 0 aliphatic heterocycles. The molecule has 1 aromatic rings. The molecule has 2 aliphatic carbocycles. The molecule has 0 spiro atoms. The van der Waals surface area contributed by atoms with Crippen LogP contribution in [0.25, 0.3) is 0 Å². The second kappa shape index (κ2) is 6.95. The largest absolute Gasteiger partial charge is 0.508 e. The normalized spacial score (nSPS) is 36.1. The second-order valence-electron chi connectivity index (χ2n) is 8.80. The Morgan fingerprint density at radius 1 is 1.26 bits per heavy atom. The Bertz CT molecular complexity index is 738. The molecule has 0 saturated heterocycles. The summed E-state index contributed by atoms with van der Waals surface area (Å²) in [5, 5.41) is 31.7. The van der Waals surface area contributed by atoms with Gasteiger partial charge in [0.25, 0.3) is 0 Å². The van der Waals surface area contributed by atoms with Crippen LogP contribution < -0.4 is 0 Å². The van der Waals surface area contributed by atoms with Crippen LogP contribution in [-0.2, 0) is 4.74 Å². The van der Waals surface area contributed by atoms with E-state index in [0.717, 1.165) is 5.57 Å². The van der Waals surface area contributed by atoms with Gasteiger partial charge in [0.15, 0.2) is 0 Å². The maximum atomic E-state index is 12.7. The first kappa shape index (κ1) is 19.9. The molecule has 1 saturated carbocycles. The number of hydrogen-bond donors (Lipinski definition) is 3. The summed E-state index contributed by atoms with van der Waals surface area (Å²) in [7, 11) is 0. The van der Waals surface area contributed by atoms with Gasteiger partial charge in [-0.25, -0.2) is 4.79 Å². The van der Waals surface area contributed by atoms with Crippen LogP contribution in [-0.4, -0.2) is 39.1 Å². The van der Waals surface area contributed by atoms with E-state index in [0.29, 0.717) is 18.4 Å². The van der Waals surface area contributed by atoms with Crippen molar-refractivity contribution < 1.29 is 24.9 Å². The summed E-state index contributed by atoms with van der Waals surface area (Å²) >= 11 is 0. The minimum absolute atomic E-state index is 0.0766. The molecule has 3 rings (SSSR count). The first-order valence-electron chi connectivity index (χ1n) is 9.64. The number of carbonyl (C=O) groups is 1. The highest BCUT2D eigenvalue weighted by Gasteiger charge is 2.63. The fourth-order valence-corrected chi connectivity index (χ4v) is 4.88. The fraction of sp³-hybridized carbons (Fsp3) is 0.591. The predicted molar refractivity (Wildman–Crippen MR) is 102 cm³/mol. The number of aromatic hydroxyl groups is 1. The number of aliphatic hydroxyl groups is 2. The molecule has 0 heterocycles. The predicted octanol–water partition coefficient (Wildman–Crippen LogP) is 3.43. The van der Waals surface area contributed by atoms with Crippen LogP contribution in [0.4, 0.5) is 0 Å². The molecular formula is C22H30O5. The molecule has 148 valence electrons. The van der Waals surface area contributed by atoms with Gasteiger partial charge in [0.1, 0.15) is 11.9 Å². The standard InChI is InChI=1S/C22H30O5/c1-13(2)22(26)12-18(24)21(4)10-9-14(3)11-17(19(21)22)27-20(25)15-5-7-16(23)8-6-15/h5-9,13,17-19,23-24,26H,10-12H2,1-4H3/t17-,18+,19+,21-,22+/m0/s1. The Labute approximate surface area is 160 Å². The molecule has 5 atom stereocenters. The molecule has 1 fully saturated rings. The van der Waals surface area contributed by atoms with Gasteiger partial charge >= 0.3 is 5.97 Å². The summed E-state index contributed by atoms with van der Waals surface area (Å²) in [4.78, 5) is 12.7. The second-order valence-corrected chi connectivity index (χ2v) is 8.80. The van der Waals surface area contributed by atoms with Crippen molar-refractivity contribution in [3.05, 3.63) is 41.5 Å². The van der Waals surface area contributed by atoms with Crippen LogP contribution in [0.5, 0.6) is 5.75 Å². The number of esters is 1. The van der Waals surface area contributed by atoms with Crippen molar-refractivity contribution in [2.24, 2.45) is 17.3 Å². The number of benzene rings is 1. The first-order valence-corrected chi connectivity index (χ1v) is 9.64. The van der Waals surface area contributed by atoms with Crippen molar-refractivity contribution >= 4 is 5.97 Å². The lowest BCUT2D eigenvalue weighted by atomic mass is 9.67. The van der Waals surface area contributed by atoms with Crippen LogP contribution in [0.1, 0.15) is 57.3 Å². The van der Waals surface area contributed by atoms with Crippen molar-refractivity contribution in [3.63, 3.8) is 0 Å². The summed E-state index contributed by atoms with van der Waals surface area (Å²) in [5.41, 5.74) is -0.220. The molecule has 2 aliphatic rings. The van der Waals surface area contributed by atoms with E-state index in [1.165, 1.54) is 24.3 Å². The van der Waals surface area contributed by atoms with Gasteiger partial charge in [0.2, 0.25) is 0 Å². The van der Waals surface area contributed by atoms with E-state index in [2.05, 4.69) is 6.08 Å². The van der Waals surface area contributed by atoms with E-state index in [4.69, 9.17) is 4.74 Å². The highest BCUT2D eigenvalue weighted by Crippen LogP contribution is 2.58. The fourth-order valence-electron chi connectivity index (χ4n) is 4.88. The van der Waals surface area contributed by atoms with E-state index in [1.807, 2.05) is 27.7 Å². The van der Waals surface area contributed by atoms with Gasteiger partial charge in [-0.05, 0) is 43.5 Å². The average Bonchev–Trinajstić information content (AvgIpc) is 2.70. The maximum Gasteiger partial charge on any atom is 0.338 e. The highest BCUT2D eigenvalue weighted by molar-refractivity contribution is 5.89. The molecule has 5 nitrogen and oxygen atoms in total. The average molecular weight is 374 g/mol. The summed E-state index contributed by atoms with van der Waals surface area (Å²) in [6, 6.07) is 5.94. The Morgan fingerprint density at radius 3 is 2.48 bits per heavy atom. The zero-order valence-electron chi connectivity index (χ0n) is 16.5. The molecular weight excluding hydrogens is 344 g/mol. The number of phenolic OH excluding ortho intramolecular Hbond substituents is 1. The van der Waals surface area contributed by atoms with Crippen molar-refractivity contribution in [3.8, 4) is 5.75 Å². The number of carbonyl (C=O) groups excluding carboxylic acids is 1. The third-order valence-electron chi connectivity index (χ3n) is 6.68. The number of ether oxygens (including phenoxy) is 1. The minimum atomic E-state index is -1.10. The van der Waals surface area contributed by atoms with E-state index in [9.17, 15) is 20.1 Å². The third kappa shape index (κ3) is 3.39. The molecule has 0 amide bonds. The van der Waals surface area contributed by atoms with Crippen LogP contribution in [0.2, 0.25) is 0 Å². The lowest BCUT2D eigenvalue weighted by Gasteiger charge is -2.43. The minimum Gasteiger partial charge on any atom is -0.508 e. The van der Waals surface area contributed by atoms with Gasteiger partial charge in [0, 0.05) is 24.2 Å². The Kier molecular flexibility index (Phi) is 5.12. The van der Waals surface area contributed by atoms with Gasteiger partial charge in [0.05, 0.1) is 17.3 Å². The Morgan fingerprint density at radius 2 is 1.89 bits per heavy atom. The molecule has 3 N–H and O–H groups in total. The number of aliphatic hydroxyl groups excluding tert-OH is 1. The summed E-state index contributed by atoms with van der Waals surface area (Å²) < 4.78 is 5.91. The zero-order chi connectivity index (χ0) is 20.0. The summed E-state index contributed by atoms with van der Waals surface area (Å²) in [6.07, 6.45) is 2.37. The number of allylic oxidation sites excluding steroid dienone is 1. The Hall–Kier alpha value is -1.85. The van der Waals surface area contributed by atoms with Crippen molar-refractivity contribution in [1.29, 1.82) is 0 Å². The zero-order valence-corrected chi connectivity index (χ0v) is 16.5. The number of fused-ring (bicyclic) bond motifs is 1. The molecule has 0 radical (unpaired) electrons. The molecule has 5 heteroatoms. The van der Waals surface area contributed by atoms with Crippen LogP contribution in [0.3, 0.4) is 0 Å². The Balaban J connectivity index is 1.97. The van der Waals surface area contributed by atoms with Gasteiger partial charge < -0.3 is 20.1 Å². The van der Waals surface area contributed by atoms with Gasteiger partial charge in [-0.2, -0.15) is 0 Å². The molecule has 0 unspecified atom stereocenters. The molecule has 0 bridgehead atoms. The van der Waals surface area contributed by atoms with Gasteiger partial charge in [-0.15, -0.1) is 0 Å². The van der Waals surface area contributed by atoms with Crippen molar-refractivity contribution in [2.45, 2.75) is 64.8 Å². The lowest BCUT2D eigenvalue weighted by molar-refractivity contribution is -0.113. The molecule has 0 aromatic heterocycles. The van der Waals surface area contributed by atoms with Crippen LogP contribution in [0, 0.1) is 17.3 Å². The van der Waals surface area contributed by atoms with E-state index in [1.54, 1.807) is 0 Å². The van der Waals surface area contributed by atoms with E-state index in [-0.39, 0.29) is 24.0 Å². The van der Waals surface area contributed by atoms with Crippen LogP contribution in [0.15, 0.2) is 35.9 Å². The van der Waals surface area contributed by atoms with Crippen molar-refractivity contribution in [1.82, 2.24) is 0 Å². The van der Waals surface area contributed by atoms with Crippen LogP contribution >= 0.6 is 0 Å². The molecule has 27 heavy (non-hydrogen) atoms. The van der Waals surface area contributed by atoms with Crippen molar-refractivity contribution in [2.75, 3.05) is 0 Å². The number of phenols is 1. The van der Waals surface area contributed by atoms with Gasteiger partial charge in [-0.1, -0.05) is 32.4 Å². The van der Waals surface area contributed by atoms with Gasteiger partial charge in [-0.3, -0.25) is 0 Å². The summed E-state index contributed by atoms with van der Waals surface area (Å²) in [6.45, 7) is 7.87. The number of hydrogen-bond acceptors (Lipinski definition) is 5. The lowest BCUT2D eigenvalue weighted by Crippen LogP contribution is -2.50. The monoisotopic (exact) mass is 374 g/mol. The highest BCUT2D eigenvalue weighted by atomic mass is 16.5. The smallest absolute Gasteiger partial charge is 0.338 e.